The molecule has 0 bridgehead atoms. The highest BCUT2D eigenvalue weighted by molar-refractivity contribution is 5.10. The van der Waals surface area contributed by atoms with Crippen molar-refractivity contribution in [3.05, 3.63) is 0 Å². The summed E-state index contributed by atoms with van der Waals surface area (Å²) in [6, 6.07) is 0.653. The average molecular weight is 405 g/mol. The first-order chi connectivity index (χ1) is 13.8. The lowest BCUT2D eigenvalue weighted by atomic mass is 9.44. The van der Waals surface area contributed by atoms with Gasteiger partial charge in [-0.1, -0.05) is 13.8 Å². The lowest BCUT2D eigenvalue weighted by Gasteiger charge is -2.61. The molecule has 4 rings (SSSR count). The van der Waals surface area contributed by atoms with Crippen LogP contribution in [0, 0.1) is 40.4 Å². The van der Waals surface area contributed by atoms with Crippen LogP contribution in [-0.2, 0) is 0 Å². The highest BCUT2D eigenvalue weighted by Gasteiger charge is 2.60. The lowest BCUT2D eigenvalue weighted by Crippen LogP contribution is -2.55. The summed E-state index contributed by atoms with van der Waals surface area (Å²) in [4.78, 5) is 2.29. The number of aliphatic hydroxyl groups excluding tert-OH is 1. The fourth-order valence-electron chi connectivity index (χ4n) is 8.96. The topological polar surface area (TPSA) is 35.5 Å². The van der Waals surface area contributed by atoms with Crippen LogP contribution in [0.25, 0.3) is 0 Å². The second kappa shape index (κ2) is 8.43. The van der Waals surface area contributed by atoms with E-state index in [-0.39, 0.29) is 6.10 Å². The maximum atomic E-state index is 10.3. The Morgan fingerprint density at radius 2 is 1.69 bits per heavy atom. The summed E-state index contributed by atoms with van der Waals surface area (Å²) in [5.74, 6) is 4.46. The van der Waals surface area contributed by atoms with Crippen molar-refractivity contribution in [3.8, 4) is 0 Å². The third-order valence-electron chi connectivity index (χ3n) is 10.6. The molecule has 5 unspecified atom stereocenters. The molecule has 4 aliphatic carbocycles. The van der Waals surface area contributed by atoms with E-state index in [0.29, 0.717) is 16.9 Å². The Hall–Kier alpha value is -0.120. The van der Waals surface area contributed by atoms with Crippen LogP contribution in [0.4, 0.5) is 0 Å². The Balaban J connectivity index is 1.42. The van der Waals surface area contributed by atoms with Gasteiger partial charge in [0.1, 0.15) is 0 Å². The van der Waals surface area contributed by atoms with Crippen LogP contribution in [0.2, 0.25) is 0 Å². The number of fused-ring (bicyclic) bond motifs is 5. The number of hydrogen-bond donors (Lipinski definition) is 2. The Bertz CT molecular complexity index is 565. The summed E-state index contributed by atoms with van der Waals surface area (Å²) < 4.78 is 0. The Morgan fingerprint density at radius 1 is 0.966 bits per heavy atom. The fourth-order valence-corrected chi connectivity index (χ4v) is 8.96. The molecular weight excluding hydrogens is 356 g/mol. The molecule has 0 aromatic heterocycles. The summed E-state index contributed by atoms with van der Waals surface area (Å²) in [5, 5.41) is 14.2. The van der Waals surface area contributed by atoms with Gasteiger partial charge in [0.2, 0.25) is 0 Å². The van der Waals surface area contributed by atoms with E-state index in [1.807, 2.05) is 0 Å². The van der Waals surface area contributed by atoms with Crippen LogP contribution in [0.1, 0.15) is 85.0 Å². The monoisotopic (exact) mass is 404 g/mol. The normalized spacial score (nSPS) is 48.1. The third-order valence-corrected chi connectivity index (χ3v) is 10.6. The van der Waals surface area contributed by atoms with Crippen molar-refractivity contribution in [2.24, 2.45) is 40.4 Å². The van der Waals surface area contributed by atoms with Crippen molar-refractivity contribution in [1.82, 2.24) is 10.2 Å². The van der Waals surface area contributed by atoms with Crippen LogP contribution in [-0.4, -0.2) is 49.3 Å². The predicted octanol–water partition coefficient (Wildman–Crippen LogP) is 4.94. The van der Waals surface area contributed by atoms with Crippen molar-refractivity contribution in [2.45, 2.75) is 97.1 Å². The molecule has 0 aromatic carbocycles. The first-order valence-electron chi connectivity index (χ1n) is 12.8. The summed E-state index contributed by atoms with van der Waals surface area (Å²) in [7, 11) is 4.35. The van der Waals surface area contributed by atoms with E-state index in [4.69, 9.17) is 0 Å². The third kappa shape index (κ3) is 3.94. The summed E-state index contributed by atoms with van der Waals surface area (Å²) in [6.07, 6.45) is 13.3. The van der Waals surface area contributed by atoms with Gasteiger partial charge >= 0.3 is 0 Å². The van der Waals surface area contributed by atoms with Crippen molar-refractivity contribution in [2.75, 3.05) is 27.2 Å². The number of nitrogens with zero attached hydrogens (tertiary/aromatic N) is 1. The van der Waals surface area contributed by atoms with Gasteiger partial charge in [0.05, 0.1) is 6.10 Å². The van der Waals surface area contributed by atoms with E-state index in [1.54, 1.807) is 0 Å². The van der Waals surface area contributed by atoms with Crippen LogP contribution in [0.3, 0.4) is 0 Å². The minimum absolute atomic E-state index is 0.0197. The van der Waals surface area contributed by atoms with Gasteiger partial charge in [0.25, 0.3) is 0 Å². The molecule has 3 nitrogen and oxygen atoms in total. The standard InChI is InChI=1S/C26H48N2O/c1-18(27-15-6-16-28(4)5)22-9-10-23-21-8-7-19-17-20(29)11-13-25(19,2)24(21)12-14-26(22,23)3/h18-24,27,29H,6-17H2,1-5H3/t18?,19?,20-,21?,22+,23?,24?,25-,26+/m0/s1. The lowest BCUT2D eigenvalue weighted by molar-refractivity contribution is -0.127. The van der Waals surface area contributed by atoms with Gasteiger partial charge in [-0.25, -0.2) is 0 Å². The Labute approximate surface area is 180 Å². The van der Waals surface area contributed by atoms with E-state index >= 15 is 0 Å². The molecule has 3 heteroatoms. The smallest absolute Gasteiger partial charge is 0.0543 e. The maximum Gasteiger partial charge on any atom is 0.0543 e. The van der Waals surface area contributed by atoms with E-state index in [1.165, 1.54) is 57.9 Å². The zero-order valence-electron chi connectivity index (χ0n) is 19.9. The molecule has 4 fully saturated rings. The van der Waals surface area contributed by atoms with Crippen LogP contribution in [0.5, 0.6) is 0 Å². The zero-order valence-corrected chi connectivity index (χ0v) is 19.9. The Kier molecular flexibility index (Phi) is 6.42. The van der Waals surface area contributed by atoms with E-state index < -0.39 is 0 Å². The Morgan fingerprint density at radius 3 is 2.45 bits per heavy atom. The van der Waals surface area contributed by atoms with Crippen molar-refractivity contribution in [1.29, 1.82) is 0 Å². The first kappa shape index (κ1) is 22.1. The van der Waals surface area contributed by atoms with Gasteiger partial charge in [-0.2, -0.15) is 0 Å². The summed E-state index contributed by atoms with van der Waals surface area (Å²) >= 11 is 0. The molecule has 29 heavy (non-hydrogen) atoms. The molecular formula is C26H48N2O. The van der Waals surface area contributed by atoms with Gasteiger partial charge in [0, 0.05) is 6.04 Å². The number of nitrogens with one attached hydrogen (secondary N) is 1. The van der Waals surface area contributed by atoms with E-state index in [0.717, 1.165) is 49.0 Å². The molecule has 0 spiro atoms. The summed E-state index contributed by atoms with van der Waals surface area (Å²) in [5.41, 5.74) is 1.06. The highest BCUT2D eigenvalue weighted by Crippen LogP contribution is 2.67. The zero-order chi connectivity index (χ0) is 20.8. The number of rotatable bonds is 6. The molecule has 2 N–H and O–H groups in total. The highest BCUT2D eigenvalue weighted by atomic mass is 16.3. The van der Waals surface area contributed by atoms with Gasteiger partial charge in [-0.3, -0.25) is 0 Å². The SMILES string of the molecule is CC(NCCCN(C)C)[C@H]1CCC2C3CCC4C[C@@H](O)CC[C@]4(C)C3CC[C@@]21C. The molecule has 4 aliphatic rings. The van der Waals surface area contributed by atoms with Crippen LogP contribution in [0.15, 0.2) is 0 Å². The number of hydrogen-bond acceptors (Lipinski definition) is 3. The van der Waals surface area contributed by atoms with Crippen molar-refractivity contribution >= 4 is 0 Å². The van der Waals surface area contributed by atoms with E-state index in [2.05, 4.69) is 45.1 Å². The molecule has 4 saturated carbocycles. The quantitative estimate of drug-likeness (QED) is 0.616. The van der Waals surface area contributed by atoms with Crippen molar-refractivity contribution < 1.29 is 5.11 Å². The van der Waals surface area contributed by atoms with Gasteiger partial charge in [-0.15, -0.1) is 0 Å². The second-order valence-corrected chi connectivity index (χ2v) is 12.2. The maximum absolute atomic E-state index is 10.3. The molecule has 0 saturated heterocycles. The van der Waals surface area contributed by atoms with Gasteiger partial charge in [0.15, 0.2) is 0 Å². The van der Waals surface area contributed by atoms with Crippen LogP contribution >= 0.6 is 0 Å². The minimum Gasteiger partial charge on any atom is -0.393 e. The molecule has 0 heterocycles. The molecule has 168 valence electrons. The minimum atomic E-state index is -0.0197. The van der Waals surface area contributed by atoms with Crippen LogP contribution < -0.4 is 5.32 Å². The van der Waals surface area contributed by atoms with E-state index in [9.17, 15) is 5.11 Å². The predicted molar refractivity (Wildman–Crippen MR) is 122 cm³/mol. The fraction of sp³-hybridized carbons (Fsp3) is 1.00. The first-order valence-corrected chi connectivity index (χ1v) is 12.8. The largest absolute Gasteiger partial charge is 0.393 e. The molecule has 0 radical (unpaired) electrons. The second-order valence-electron chi connectivity index (χ2n) is 12.2. The average Bonchev–Trinajstić information content (AvgIpc) is 3.03. The molecule has 9 atom stereocenters. The summed E-state index contributed by atoms with van der Waals surface area (Å²) in [6.45, 7) is 10.1. The molecule has 0 amide bonds. The number of aliphatic hydroxyl groups is 1. The van der Waals surface area contributed by atoms with Gasteiger partial charge < -0.3 is 15.3 Å². The molecule has 0 aliphatic heterocycles. The van der Waals surface area contributed by atoms with Crippen molar-refractivity contribution in [3.63, 3.8) is 0 Å². The molecule has 0 aromatic rings. The van der Waals surface area contributed by atoms with Gasteiger partial charge in [-0.05, 0) is 139 Å².